The van der Waals surface area contributed by atoms with Crippen molar-refractivity contribution in [1.82, 2.24) is 4.90 Å². The number of rotatable bonds is 7. The number of benzene rings is 1. The third-order valence-corrected chi connectivity index (χ3v) is 6.02. The van der Waals surface area contributed by atoms with Crippen molar-refractivity contribution in [3.05, 3.63) is 36.3 Å². The maximum Gasteiger partial charge on any atom is 0.208 e. The number of carbonyl (C=O) groups excluding carboxylic acids is 1. The molecule has 1 aromatic rings. The Morgan fingerprint density at radius 2 is 1.93 bits per heavy atom. The number of Topliss-reactive ketones (excluding diaryl/α,β-unsaturated/α-hetero) is 1. The van der Waals surface area contributed by atoms with E-state index in [9.17, 15) is 4.79 Å². The summed E-state index contributed by atoms with van der Waals surface area (Å²) in [6, 6.07) is 7.16. The van der Waals surface area contributed by atoms with Crippen LogP contribution in [0.3, 0.4) is 0 Å². The fourth-order valence-electron chi connectivity index (χ4n) is 4.50. The first kappa shape index (κ1) is 20.2. The fraction of sp³-hybridized carbons (Fsp3) is 0.591. The van der Waals surface area contributed by atoms with Crippen LogP contribution in [0.25, 0.3) is 0 Å². The van der Waals surface area contributed by atoms with E-state index in [1.165, 1.54) is 6.26 Å². The van der Waals surface area contributed by atoms with E-state index in [0.29, 0.717) is 12.5 Å². The minimum absolute atomic E-state index is 0.0204. The molecule has 2 heterocycles. The Bertz CT molecular complexity index is 731. The predicted molar refractivity (Wildman–Crippen MR) is 106 cm³/mol. The predicted octanol–water partition coefficient (Wildman–Crippen LogP) is 2.60. The van der Waals surface area contributed by atoms with Crippen LogP contribution in [0.4, 0.5) is 0 Å². The Hall–Kier alpha value is -2.09. The molecule has 1 aromatic carbocycles. The Labute approximate surface area is 171 Å². The molecule has 1 aliphatic carbocycles. The monoisotopic (exact) mass is 403 g/mol. The average Bonchev–Trinajstić information content (AvgIpc) is 2.76. The van der Waals surface area contributed by atoms with Crippen molar-refractivity contribution in [2.24, 2.45) is 11.8 Å². The number of hydrogen-bond acceptors (Lipinski definition) is 7. The van der Waals surface area contributed by atoms with Crippen molar-refractivity contribution in [2.45, 2.75) is 31.5 Å². The molecule has 2 aliphatic heterocycles. The molecule has 3 aliphatic rings. The number of methoxy groups -OCH3 is 2. The molecule has 0 spiro atoms. The van der Waals surface area contributed by atoms with Crippen LogP contribution in [-0.2, 0) is 19.0 Å². The van der Waals surface area contributed by atoms with E-state index in [0.717, 1.165) is 44.7 Å². The molecule has 4 rings (SSSR count). The Morgan fingerprint density at radius 1 is 1.14 bits per heavy atom. The first-order valence-electron chi connectivity index (χ1n) is 10.2. The maximum atomic E-state index is 13.1. The smallest absolute Gasteiger partial charge is 0.208 e. The van der Waals surface area contributed by atoms with Crippen molar-refractivity contribution in [3.63, 3.8) is 0 Å². The summed E-state index contributed by atoms with van der Waals surface area (Å²) in [6.45, 7) is 3.17. The molecule has 0 amide bonds. The van der Waals surface area contributed by atoms with Crippen molar-refractivity contribution in [1.29, 1.82) is 0 Å². The molecule has 0 bridgehead atoms. The van der Waals surface area contributed by atoms with Gasteiger partial charge in [-0.1, -0.05) is 0 Å². The Kier molecular flexibility index (Phi) is 6.37. The Morgan fingerprint density at radius 3 is 2.69 bits per heavy atom. The van der Waals surface area contributed by atoms with Gasteiger partial charge in [0.1, 0.15) is 23.9 Å². The van der Waals surface area contributed by atoms with Gasteiger partial charge in [0.25, 0.3) is 0 Å². The molecule has 4 unspecified atom stereocenters. The normalized spacial score (nSPS) is 29.3. The highest BCUT2D eigenvalue weighted by atomic mass is 16.5. The van der Waals surface area contributed by atoms with Crippen LogP contribution in [0.2, 0.25) is 0 Å². The van der Waals surface area contributed by atoms with E-state index < -0.39 is 0 Å². The second-order valence-corrected chi connectivity index (χ2v) is 7.83. The largest absolute Gasteiger partial charge is 0.497 e. The summed E-state index contributed by atoms with van der Waals surface area (Å²) in [5, 5.41) is 0. The minimum Gasteiger partial charge on any atom is -0.497 e. The van der Waals surface area contributed by atoms with Gasteiger partial charge in [-0.15, -0.1) is 0 Å². The van der Waals surface area contributed by atoms with E-state index in [2.05, 4.69) is 4.90 Å². The van der Waals surface area contributed by atoms with Gasteiger partial charge in [-0.05, 0) is 43.5 Å². The highest BCUT2D eigenvalue weighted by molar-refractivity contribution is 5.96. The van der Waals surface area contributed by atoms with Crippen molar-refractivity contribution in [2.75, 3.05) is 40.6 Å². The van der Waals surface area contributed by atoms with Gasteiger partial charge in [-0.3, -0.25) is 9.69 Å². The van der Waals surface area contributed by atoms with E-state index in [1.807, 2.05) is 0 Å². The van der Waals surface area contributed by atoms with Crippen molar-refractivity contribution >= 4 is 5.78 Å². The highest BCUT2D eigenvalue weighted by Gasteiger charge is 2.49. The zero-order valence-corrected chi connectivity index (χ0v) is 17.0. The minimum atomic E-state index is -0.183. The van der Waals surface area contributed by atoms with E-state index in [4.69, 9.17) is 23.7 Å². The molecule has 7 nitrogen and oxygen atoms in total. The third-order valence-electron chi connectivity index (χ3n) is 6.02. The summed E-state index contributed by atoms with van der Waals surface area (Å²) in [4.78, 5) is 15.4. The van der Waals surface area contributed by atoms with Crippen LogP contribution in [0, 0.1) is 11.8 Å². The van der Waals surface area contributed by atoms with E-state index in [-0.39, 0.29) is 35.6 Å². The summed E-state index contributed by atoms with van der Waals surface area (Å²) < 4.78 is 28.3. The number of fused-ring (bicyclic) bond motifs is 3. The van der Waals surface area contributed by atoms with E-state index >= 15 is 0 Å². The molecular weight excluding hydrogens is 374 g/mol. The SMILES string of the molecule is COCCCN1COC2CCC3C(=O)C(Oc4ccc(OC)cc4)=COC3C2C1. The van der Waals surface area contributed by atoms with Crippen LogP contribution in [0.1, 0.15) is 19.3 Å². The van der Waals surface area contributed by atoms with Crippen LogP contribution >= 0.6 is 0 Å². The number of hydrogen-bond donors (Lipinski definition) is 0. The first-order valence-corrected chi connectivity index (χ1v) is 10.2. The zero-order chi connectivity index (χ0) is 20.2. The van der Waals surface area contributed by atoms with Crippen LogP contribution in [-0.4, -0.2) is 63.5 Å². The third kappa shape index (κ3) is 4.42. The first-order chi connectivity index (χ1) is 14.2. The molecule has 1 saturated heterocycles. The lowest BCUT2D eigenvalue weighted by atomic mass is 9.73. The molecule has 0 aromatic heterocycles. The molecule has 0 N–H and O–H groups in total. The average molecular weight is 403 g/mol. The standard InChI is InChI=1S/C22H29NO6/c1-25-11-3-10-23-12-18-19(28-14-23)9-8-17-21(24)20(13-27-22(17)18)29-16-6-4-15(26-2)5-7-16/h4-7,13,17-19,22H,3,8-12,14H2,1-2H3. The van der Waals surface area contributed by atoms with Crippen molar-refractivity contribution in [3.8, 4) is 11.5 Å². The molecule has 1 saturated carbocycles. The van der Waals surface area contributed by atoms with Gasteiger partial charge < -0.3 is 23.7 Å². The summed E-state index contributed by atoms with van der Waals surface area (Å²) in [5.74, 6) is 1.62. The lowest BCUT2D eigenvalue weighted by Gasteiger charge is -2.48. The second-order valence-electron chi connectivity index (χ2n) is 7.83. The lowest BCUT2D eigenvalue weighted by Crippen LogP contribution is -2.56. The Balaban J connectivity index is 1.42. The molecule has 29 heavy (non-hydrogen) atoms. The molecule has 158 valence electrons. The number of carbonyl (C=O) groups is 1. The molecule has 2 fully saturated rings. The number of nitrogens with zero attached hydrogens (tertiary/aromatic N) is 1. The molecule has 4 atom stereocenters. The number of allylic oxidation sites excluding steroid dienone is 1. The topological polar surface area (TPSA) is 66.5 Å². The lowest BCUT2D eigenvalue weighted by molar-refractivity contribution is -0.173. The van der Waals surface area contributed by atoms with Gasteiger partial charge in [-0.25, -0.2) is 0 Å². The van der Waals surface area contributed by atoms with Crippen molar-refractivity contribution < 1.29 is 28.5 Å². The maximum absolute atomic E-state index is 13.1. The van der Waals surface area contributed by atoms with Gasteiger partial charge in [0, 0.05) is 32.7 Å². The van der Waals surface area contributed by atoms with Crippen LogP contribution in [0.5, 0.6) is 11.5 Å². The van der Waals surface area contributed by atoms with Gasteiger partial charge in [0.2, 0.25) is 11.5 Å². The number of ketones is 1. The fourth-order valence-corrected chi connectivity index (χ4v) is 4.50. The summed E-state index contributed by atoms with van der Waals surface area (Å²) in [6.07, 6.45) is 4.08. The van der Waals surface area contributed by atoms with Gasteiger partial charge in [0.05, 0.1) is 25.9 Å². The van der Waals surface area contributed by atoms with Crippen LogP contribution in [0.15, 0.2) is 36.3 Å². The summed E-state index contributed by atoms with van der Waals surface area (Å²) in [7, 11) is 3.33. The van der Waals surface area contributed by atoms with Gasteiger partial charge in [-0.2, -0.15) is 0 Å². The van der Waals surface area contributed by atoms with E-state index in [1.54, 1.807) is 38.5 Å². The molecule has 7 heteroatoms. The highest BCUT2D eigenvalue weighted by Crippen LogP contribution is 2.40. The number of ether oxygens (including phenoxy) is 5. The molecular formula is C22H29NO6. The van der Waals surface area contributed by atoms with Gasteiger partial charge >= 0.3 is 0 Å². The van der Waals surface area contributed by atoms with Crippen LogP contribution < -0.4 is 9.47 Å². The second kappa shape index (κ2) is 9.15. The van der Waals surface area contributed by atoms with Gasteiger partial charge in [0.15, 0.2) is 0 Å². The molecule has 0 radical (unpaired) electrons. The zero-order valence-electron chi connectivity index (χ0n) is 17.0. The quantitative estimate of drug-likeness (QED) is 0.649. The summed E-state index contributed by atoms with van der Waals surface area (Å²) >= 11 is 0. The summed E-state index contributed by atoms with van der Waals surface area (Å²) in [5.41, 5.74) is 0.